The number of fused-ring (bicyclic) bond motifs is 1. The van der Waals surface area contributed by atoms with Crippen LogP contribution in [0.4, 0.5) is 0 Å². The highest BCUT2D eigenvalue weighted by molar-refractivity contribution is 5.95. The quantitative estimate of drug-likeness (QED) is 0.892. The normalized spacial score (nSPS) is 16.7. The lowest BCUT2D eigenvalue weighted by Gasteiger charge is -2.27. The third kappa shape index (κ3) is 3.60. The summed E-state index contributed by atoms with van der Waals surface area (Å²) >= 11 is 0. The number of carbonyl (C=O) groups is 1. The maximum Gasteiger partial charge on any atom is 0.251 e. The van der Waals surface area contributed by atoms with Crippen LogP contribution in [0.1, 0.15) is 33.1 Å². The summed E-state index contributed by atoms with van der Waals surface area (Å²) in [6.45, 7) is 1.96. The Labute approximate surface area is 136 Å². The maximum atomic E-state index is 12.5. The summed E-state index contributed by atoms with van der Waals surface area (Å²) in [4.78, 5) is 12.5. The number of rotatable bonds is 5. The molecule has 2 aromatic rings. The van der Waals surface area contributed by atoms with E-state index in [4.69, 9.17) is 4.74 Å². The summed E-state index contributed by atoms with van der Waals surface area (Å²) in [5, 5.41) is 6.53. The SMILES string of the molecule is COCc1ccccc1C(=O)NCC1NCCc2ccccc21. The summed E-state index contributed by atoms with van der Waals surface area (Å²) < 4.78 is 5.17. The Balaban J connectivity index is 1.69. The van der Waals surface area contributed by atoms with E-state index in [0.29, 0.717) is 18.7 Å². The minimum absolute atomic E-state index is 0.0532. The number of carbonyl (C=O) groups excluding carboxylic acids is 1. The van der Waals surface area contributed by atoms with E-state index in [0.717, 1.165) is 18.5 Å². The van der Waals surface area contributed by atoms with Gasteiger partial charge in [0, 0.05) is 25.3 Å². The van der Waals surface area contributed by atoms with Gasteiger partial charge in [-0.1, -0.05) is 42.5 Å². The van der Waals surface area contributed by atoms with Gasteiger partial charge in [0.05, 0.1) is 6.61 Å². The largest absolute Gasteiger partial charge is 0.380 e. The van der Waals surface area contributed by atoms with Crippen molar-refractivity contribution in [2.24, 2.45) is 0 Å². The number of hydrogen-bond acceptors (Lipinski definition) is 3. The van der Waals surface area contributed by atoms with Gasteiger partial charge >= 0.3 is 0 Å². The van der Waals surface area contributed by atoms with Gasteiger partial charge in [0.1, 0.15) is 0 Å². The molecular formula is C19H22N2O2. The molecule has 1 amide bonds. The third-order valence-electron chi connectivity index (χ3n) is 4.24. The molecule has 23 heavy (non-hydrogen) atoms. The zero-order valence-corrected chi connectivity index (χ0v) is 13.3. The Bertz CT molecular complexity index is 685. The minimum Gasteiger partial charge on any atom is -0.380 e. The van der Waals surface area contributed by atoms with Crippen LogP contribution in [0.3, 0.4) is 0 Å². The van der Waals surface area contributed by atoms with Gasteiger partial charge in [0.2, 0.25) is 0 Å². The van der Waals surface area contributed by atoms with E-state index in [-0.39, 0.29) is 11.9 Å². The average Bonchev–Trinajstić information content (AvgIpc) is 2.60. The molecule has 0 spiro atoms. The first kappa shape index (κ1) is 15.7. The van der Waals surface area contributed by atoms with Crippen LogP contribution in [0.15, 0.2) is 48.5 Å². The predicted octanol–water partition coefficient (Wildman–Crippen LogP) is 2.45. The summed E-state index contributed by atoms with van der Waals surface area (Å²) in [5.74, 6) is -0.0532. The molecule has 0 radical (unpaired) electrons. The molecule has 0 saturated carbocycles. The van der Waals surface area contributed by atoms with Crippen LogP contribution in [0, 0.1) is 0 Å². The van der Waals surface area contributed by atoms with E-state index in [9.17, 15) is 4.79 Å². The van der Waals surface area contributed by atoms with Crippen molar-refractivity contribution in [3.63, 3.8) is 0 Å². The number of methoxy groups -OCH3 is 1. The van der Waals surface area contributed by atoms with Gasteiger partial charge in [-0.05, 0) is 35.7 Å². The average molecular weight is 310 g/mol. The second kappa shape index (κ2) is 7.40. The van der Waals surface area contributed by atoms with E-state index in [1.807, 2.05) is 24.3 Å². The third-order valence-corrected chi connectivity index (χ3v) is 4.24. The number of nitrogens with one attached hydrogen (secondary N) is 2. The van der Waals surface area contributed by atoms with Crippen molar-refractivity contribution in [2.45, 2.75) is 19.1 Å². The van der Waals surface area contributed by atoms with Crippen LogP contribution in [0.5, 0.6) is 0 Å². The highest BCUT2D eigenvalue weighted by atomic mass is 16.5. The predicted molar refractivity (Wildman–Crippen MR) is 90.4 cm³/mol. The first-order valence-electron chi connectivity index (χ1n) is 7.96. The summed E-state index contributed by atoms with van der Waals surface area (Å²) in [6, 6.07) is 16.1. The molecule has 4 heteroatoms. The smallest absolute Gasteiger partial charge is 0.251 e. The molecule has 0 saturated heterocycles. The van der Waals surface area contributed by atoms with E-state index in [1.165, 1.54) is 11.1 Å². The van der Waals surface area contributed by atoms with Gasteiger partial charge < -0.3 is 15.4 Å². The second-order valence-electron chi connectivity index (χ2n) is 5.76. The number of benzene rings is 2. The first-order valence-corrected chi connectivity index (χ1v) is 7.96. The van der Waals surface area contributed by atoms with Crippen LogP contribution in [-0.2, 0) is 17.8 Å². The molecule has 0 aromatic heterocycles. The molecular weight excluding hydrogens is 288 g/mol. The van der Waals surface area contributed by atoms with E-state index in [2.05, 4.69) is 34.9 Å². The zero-order valence-electron chi connectivity index (χ0n) is 13.3. The first-order chi connectivity index (χ1) is 11.3. The van der Waals surface area contributed by atoms with Gasteiger partial charge in [-0.25, -0.2) is 0 Å². The Hall–Kier alpha value is -2.17. The van der Waals surface area contributed by atoms with Crippen LogP contribution >= 0.6 is 0 Å². The second-order valence-corrected chi connectivity index (χ2v) is 5.76. The van der Waals surface area contributed by atoms with Crippen LogP contribution in [0.2, 0.25) is 0 Å². The fraction of sp³-hybridized carbons (Fsp3) is 0.316. The van der Waals surface area contributed by atoms with Gasteiger partial charge in [-0.3, -0.25) is 4.79 Å². The monoisotopic (exact) mass is 310 g/mol. The molecule has 3 rings (SSSR count). The lowest BCUT2D eigenvalue weighted by atomic mass is 9.94. The molecule has 2 N–H and O–H groups in total. The molecule has 0 aliphatic carbocycles. The zero-order chi connectivity index (χ0) is 16.1. The molecule has 1 aliphatic heterocycles. The topological polar surface area (TPSA) is 50.4 Å². The number of ether oxygens (including phenoxy) is 1. The molecule has 4 nitrogen and oxygen atoms in total. The number of hydrogen-bond donors (Lipinski definition) is 2. The van der Waals surface area contributed by atoms with Crippen molar-refractivity contribution in [2.75, 3.05) is 20.2 Å². The molecule has 120 valence electrons. The van der Waals surface area contributed by atoms with Crippen molar-refractivity contribution >= 4 is 5.91 Å². The van der Waals surface area contributed by atoms with Gasteiger partial charge in [0.25, 0.3) is 5.91 Å². The Morgan fingerprint density at radius 1 is 1.22 bits per heavy atom. The molecule has 1 heterocycles. The minimum atomic E-state index is -0.0532. The maximum absolute atomic E-state index is 12.5. The molecule has 1 aliphatic rings. The van der Waals surface area contributed by atoms with E-state index in [1.54, 1.807) is 7.11 Å². The fourth-order valence-corrected chi connectivity index (χ4v) is 3.09. The standard InChI is InChI=1S/C19H22N2O2/c1-23-13-15-7-3-5-9-17(15)19(22)21-12-18-16-8-4-2-6-14(16)10-11-20-18/h2-9,18,20H,10-13H2,1H3,(H,21,22). The lowest BCUT2D eigenvalue weighted by Crippen LogP contribution is -2.39. The molecule has 2 aromatic carbocycles. The Kier molecular flexibility index (Phi) is 5.05. The van der Waals surface area contributed by atoms with E-state index >= 15 is 0 Å². The van der Waals surface area contributed by atoms with E-state index < -0.39 is 0 Å². The van der Waals surface area contributed by atoms with Crippen molar-refractivity contribution in [1.29, 1.82) is 0 Å². The summed E-state index contributed by atoms with van der Waals surface area (Å²) in [5.41, 5.74) is 4.23. The Morgan fingerprint density at radius 2 is 2.00 bits per heavy atom. The van der Waals surface area contributed by atoms with Gasteiger partial charge in [-0.2, -0.15) is 0 Å². The van der Waals surface area contributed by atoms with Crippen molar-refractivity contribution in [3.05, 3.63) is 70.8 Å². The van der Waals surface area contributed by atoms with Crippen LogP contribution in [0.25, 0.3) is 0 Å². The summed E-state index contributed by atoms with van der Waals surface area (Å²) in [6.07, 6.45) is 1.04. The van der Waals surface area contributed by atoms with Crippen LogP contribution in [-0.4, -0.2) is 26.1 Å². The van der Waals surface area contributed by atoms with Gasteiger partial charge in [-0.15, -0.1) is 0 Å². The molecule has 1 atom stereocenters. The van der Waals surface area contributed by atoms with Crippen molar-refractivity contribution in [1.82, 2.24) is 10.6 Å². The summed E-state index contributed by atoms with van der Waals surface area (Å²) in [7, 11) is 1.64. The lowest BCUT2D eigenvalue weighted by molar-refractivity contribution is 0.0944. The highest BCUT2D eigenvalue weighted by Gasteiger charge is 2.20. The highest BCUT2D eigenvalue weighted by Crippen LogP contribution is 2.22. The molecule has 0 bridgehead atoms. The van der Waals surface area contributed by atoms with Crippen LogP contribution < -0.4 is 10.6 Å². The molecule has 0 fully saturated rings. The Morgan fingerprint density at radius 3 is 2.87 bits per heavy atom. The molecule has 1 unspecified atom stereocenters. The fourth-order valence-electron chi connectivity index (χ4n) is 3.09. The van der Waals surface area contributed by atoms with Crippen molar-refractivity contribution in [3.8, 4) is 0 Å². The van der Waals surface area contributed by atoms with Gasteiger partial charge in [0.15, 0.2) is 0 Å². The van der Waals surface area contributed by atoms with Crippen molar-refractivity contribution < 1.29 is 9.53 Å². The number of amides is 1.